The molecule has 0 spiro atoms. The lowest BCUT2D eigenvalue weighted by Gasteiger charge is -2.35. The fourth-order valence-electron chi connectivity index (χ4n) is 5.28. The van der Waals surface area contributed by atoms with Gasteiger partial charge in [0.2, 0.25) is 5.91 Å². The Morgan fingerprint density at radius 1 is 1.17 bits per heavy atom. The molecule has 190 valence electrons. The number of amides is 1. The first kappa shape index (κ1) is 25.4. The van der Waals surface area contributed by atoms with Crippen molar-refractivity contribution in [2.24, 2.45) is 11.3 Å². The zero-order chi connectivity index (χ0) is 25.0. The van der Waals surface area contributed by atoms with Gasteiger partial charge in [-0.05, 0) is 35.4 Å². The van der Waals surface area contributed by atoms with Crippen LogP contribution < -0.4 is 9.64 Å². The van der Waals surface area contributed by atoms with Gasteiger partial charge in [-0.3, -0.25) is 4.79 Å². The Hall–Kier alpha value is -2.67. The topological polar surface area (TPSA) is 67.8 Å². The Balaban J connectivity index is 1.57. The maximum absolute atomic E-state index is 13.2. The van der Waals surface area contributed by atoms with E-state index in [4.69, 9.17) is 19.4 Å². The van der Waals surface area contributed by atoms with E-state index >= 15 is 0 Å². The molecular formula is C28H40N4O3. The second kappa shape index (κ2) is 10.9. The van der Waals surface area contributed by atoms with Crippen LogP contribution in [0.3, 0.4) is 0 Å². The molecule has 7 nitrogen and oxygen atoms in total. The van der Waals surface area contributed by atoms with Gasteiger partial charge in [-0.2, -0.15) is 0 Å². The molecule has 1 unspecified atom stereocenters. The molecule has 2 aromatic rings. The van der Waals surface area contributed by atoms with Crippen molar-refractivity contribution < 1.29 is 14.3 Å². The predicted molar refractivity (Wildman–Crippen MR) is 138 cm³/mol. The van der Waals surface area contributed by atoms with E-state index in [2.05, 4.69) is 38.7 Å². The summed E-state index contributed by atoms with van der Waals surface area (Å²) in [5, 5.41) is 0. The average molecular weight is 481 g/mol. The number of aromatic nitrogens is 2. The van der Waals surface area contributed by atoms with Crippen LogP contribution in [0.4, 0.5) is 5.82 Å². The number of anilines is 1. The Morgan fingerprint density at radius 3 is 2.66 bits per heavy atom. The number of methoxy groups -OCH3 is 1. The monoisotopic (exact) mass is 480 g/mol. The molecule has 1 atom stereocenters. The fraction of sp³-hybridized carbons (Fsp3) is 0.607. The molecule has 0 saturated carbocycles. The molecule has 1 saturated heterocycles. The van der Waals surface area contributed by atoms with Crippen LogP contribution in [0.25, 0.3) is 0 Å². The summed E-state index contributed by atoms with van der Waals surface area (Å²) >= 11 is 0. The number of rotatable bonds is 7. The second-order valence-corrected chi connectivity index (χ2v) is 11.2. The molecule has 0 radical (unpaired) electrons. The van der Waals surface area contributed by atoms with Crippen molar-refractivity contribution in [3.63, 3.8) is 0 Å². The fourth-order valence-corrected chi connectivity index (χ4v) is 5.28. The zero-order valence-electron chi connectivity index (χ0n) is 22.0. The second-order valence-electron chi connectivity index (χ2n) is 11.2. The number of carbonyl (C=O) groups is 1. The van der Waals surface area contributed by atoms with Gasteiger partial charge in [0.05, 0.1) is 32.6 Å². The smallest absolute Gasteiger partial charge is 0.223 e. The van der Waals surface area contributed by atoms with Crippen LogP contribution in [0, 0.1) is 11.3 Å². The van der Waals surface area contributed by atoms with E-state index in [1.807, 2.05) is 23.1 Å². The number of hydrogen-bond donors (Lipinski definition) is 0. The summed E-state index contributed by atoms with van der Waals surface area (Å²) in [4.78, 5) is 27.5. The van der Waals surface area contributed by atoms with Crippen LogP contribution in [-0.2, 0) is 28.9 Å². The maximum Gasteiger partial charge on any atom is 0.223 e. The van der Waals surface area contributed by atoms with Crippen molar-refractivity contribution in [1.82, 2.24) is 14.9 Å². The molecule has 35 heavy (non-hydrogen) atoms. The molecular weight excluding hydrogens is 440 g/mol. The van der Waals surface area contributed by atoms with E-state index in [1.54, 1.807) is 7.11 Å². The van der Waals surface area contributed by atoms with Crippen LogP contribution in [0.5, 0.6) is 5.75 Å². The van der Waals surface area contributed by atoms with Gasteiger partial charge in [0, 0.05) is 44.5 Å². The van der Waals surface area contributed by atoms with Crippen LogP contribution >= 0.6 is 0 Å². The predicted octanol–water partition coefficient (Wildman–Crippen LogP) is 4.26. The van der Waals surface area contributed by atoms with E-state index in [9.17, 15) is 4.79 Å². The first-order chi connectivity index (χ1) is 16.7. The van der Waals surface area contributed by atoms with Crippen molar-refractivity contribution in [2.45, 2.75) is 59.9 Å². The minimum absolute atomic E-state index is 0.227. The van der Waals surface area contributed by atoms with Crippen LogP contribution in [0.2, 0.25) is 0 Å². The van der Waals surface area contributed by atoms with Crippen molar-refractivity contribution in [3.8, 4) is 5.75 Å². The molecule has 3 heterocycles. The van der Waals surface area contributed by atoms with Gasteiger partial charge in [-0.1, -0.05) is 39.8 Å². The van der Waals surface area contributed by atoms with Gasteiger partial charge in [0.1, 0.15) is 17.4 Å². The Kier molecular flexibility index (Phi) is 7.95. The summed E-state index contributed by atoms with van der Waals surface area (Å²) in [6, 6.07) is 8.07. The largest absolute Gasteiger partial charge is 0.497 e. The van der Waals surface area contributed by atoms with Crippen LogP contribution in [0.15, 0.2) is 24.3 Å². The number of hydrogen-bond acceptors (Lipinski definition) is 6. The lowest BCUT2D eigenvalue weighted by Crippen LogP contribution is -2.41. The molecule has 4 rings (SSSR count). The van der Waals surface area contributed by atoms with Crippen molar-refractivity contribution in [3.05, 3.63) is 46.9 Å². The maximum atomic E-state index is 13.2. The third-order valence-electron chi connectivity index (χ3n) is 6.73. The molecule has 1 aromatic heterocycles. The summed E-state index contributed by atoms with van der Waals surface area (Å²) in [7, 11) is 1.68. The van der Waals surface area contributed by atoms with Crippen molar-refractivity contribution in [1.29, 1.82) is 0 Å². The number of benzene rings is 1. The lowest BCUT2D eigenvalue weighted by atomic mass is 9.84. The average Bonchev–Trinajstić information content (AvgIpc) is 2.82. The first-order valence-electron chi connectivity index (χ1n) is 12.8. The number of morpholine rings is 1. The summed E-state index contributed by atoms with van der Waals surface area (Å²) in [5.74, 6) is 3.22. The number of fused-ring (bicyclic) bond motifs is 1. The minimum Gasteiger partial charge on any atom is -0.497 e. The molecule has 2 aliphatic heterocycles. The molecule has 0 N–H and O–H groups in total. The highest BCUT2D eigenvalue weighted by molar-refractivity contribution is 5.77. The number of ether oxygens (including phenoxy) is 2. The Morgan fingerprint density at radius 2 is 1.94 bits per heavy atom. The number of nitrogens with zero attached hydrogens (tertiary/aromatic N) is 4. The highest BCUT2D eigenvalue weighted by Gasteiger charge is 2.29. The molecule has 1 aromatic carbocycles. The molecule has 1 amide bonds. The van der Waals surface area contributed by atoms with Gasteiger partial charge < -0.3 is 19.3 Å². The van der Waals surface area contributed by atoms with E-state index < -0.39 is 0 Å². The highest BCUT2D eigenvalue weighted by Crippen LogP contribution is 2.30. The number of carbonyl (C=O) groups excluding carboxylic acids is 1. The molecule has 7 heteroatoms. The lowest BCUT2D eigenvalue weighted by molar-refractivity contribution is -0.133. The van der Waals surface area contributed by atoms with E-state index in [0.29, 0.717) is 45.1 Å². The van der Waals surface area contributed by atoms with E-state index in [-0.39, 0.29) is 11.3 Å². The van der Waals surface area contributed by atoms with Crippen molar-refractivity contribution >= 4 is 11.7 Å². The standard InChI is InChI=1S/C28H40N4O3/c1-20(18-28(2,3)4)15-26(33)32-10-9-24-23(19-32)27(31-11-13-35-14-12-31)30-25(29-24)17-21-7-6-8-22(16-21)34-5/h6-8,16,20H,9-15,17-19H2,1-5H3. The van der Waals surface area contributed by atoms with Gasteiger partial charge in [0.25, 0.3) is 0 Å². The Labute approximate surface area is 209 Å². The summed E-state index contributed by atoms with van der Waals surface area (Å²) in [5.41, 5.74) is 3.53. The normalized spacial score (nSPS) is 17.2. The molecule has 1 fully saturated rings. The minimum atomic E-state index is 0.227. The van der Waals surface area contributed by atoms with Crippen LogP contribution in [-0.4, -0.2) is 60.7 Å². The molecule has 0 aliphatic carbocycles. The zero-order valence-corrected chi connectivity index (χ0v) is 22.0. The van der Waals surface area contributed by atoms with Gasteiger partial charge in [-0.15, -0.1) is 0 Å². The molecule has 2 aliphatic rings. The van der Waals surface area contributed by atoms with Crippen molar-refractivity contribution in [2.75, 3.05) is 44.9 Å². The Bertz CT molecular complexity index is 1030. The van der Waals surface area contributed by atoms with Gasteiger partial charge in [-0.25, -0.2) is 9.97 Å². The summed E-state index contributed by atoms with van der Waals surface area (Å²) in [6.45, 7) is 13.2. The quantitative estimate of drug-likeness (QED) is 0.590. The van der Waals surface area contributed by atoms with E-state index in [0.717, 1.165) is 60.1 Å². The third-order valence-corrected chi connectivity index (χ3v) is 6.73. The SMILES string of the molecule is COc1cccc(Cc2nc3c(c(N4CCOCC4)n2)CN(C(=O)CC(C)CC(C)(C)C)CC3)c1. The van der Waals surface area contributed by atoms with Gasteiger partial charge in [0.15, 0.2) is 0 Å². The molecule has 0 bridgehead atoms. The summed E-state index contributed by atoms with van der Waals surface area (Å²) < 4.78 is 11.0. The van der Waals surface area contributed by atoms with Gasteiger partial charge >= 0.3 is 0 Å². The van der Waals surface area contributed by atoms with Crippen LogP contribution in [0.1, 0.15) is 63.2 Å². The van der Waals surface area contributed by atoms with E-state index in [1.165, 1.54) is 0 Å². The highest BCUT2D eigenvalue weighted by atomic mass is 16.5. The first-order valence-corrected chi connectivity index (χ1v) is 12.8. The third kappa shape index (κ3) is 6.72. The summed E-state index contributed by atoms with van der Waals surface area (Å²) in [6.07, 6.45) is 3.04.